The van der Waals surface area contributed by atoms with Crippen LogP contribution in [0.25, 0.3) is 33.9 Å². The van der Waals surface area contributed by atoms with Crippen molar-refractivity contribution in [1.29, 1.82) is 0 Å². The van der Waals surface area contributed by atoms with Gasteiger partial charge in [0.05, 0.1) is 35.9 Å². The van der Waals surface area contributed by atoms with Crippen LogP contribution in [-0.2, 0) is 14.3 Å². The summed E-state index contributed by atoms with van der Waals surface area (Å²) < 4.78 is 4.55. The largest absolute Gasteiger partial charge is 0.463 e. The molecule has 0 unspecified atom stereocenters. The first-order valence-electron chi connectivity index (χ1n) is 16.3. The molecule has 2 atom stereocenters. The second kappa shape index (κ2) is 17.7. The van der Waals surface area contributed by atoms with E-state index in [0.717, 1.165) is 64.7 Å². The van der Waals surface area contributed by atoms with Gasteiger partial charge in [-0.3, -0.25) is 9.59 Å². The van der Waals surface area contributed by atoms with Gasteiger partial charge in [0.25, 0.3) is 6.47 Å². The van der Waals surface area contributed by atoms with Crippen molar-refractivity contribution in [2.75, 3.05) is 20.2 Å². The number of aromatic nitrogens is 6. The molecule has 11 heteroatoms. The van der Waals surface area contributed by atoms with Crippen LogP contribution >= 0.6 is 0 Å². The lowest BCUT2D eigenvalue weighted by atomic mass is 10.1. The molecule has 5 rings (SSSR count). The van der Waals surface area contributed by atoms with Gasteiger partial charge in [0, 0.05) is 36.5 Å². The lowest BCUT2D eigenvalue weighted by Crippen LogP contribution is -2.31. The monoisotopic (exact) mass is 650 g/mol. The first-order chi connectivity index (χ1) is 23.3. The Bertz CT molecular complexity index is 1690. The molecule has 3 aromatic heterocycles. The highest BCUT2D eigenvalue weighted by Gasteiger charge is 2.32. The van der Waals surface area contributed by atoms with Crippen LogP contribution < -0.4 is 5.32 Å². The first-order valence-corrected chi connectivity index (χ1v) is 16.3. The number of H-pyrrole nitrogens is 2. The van der Waals surface area contributed by atoms with Gasteiger partial charge in [0.1, 0.15) is 18.3 Å². The molecule has 0 spiro atoms. The zero-order chi connectivity index (χ0) is 34.5. The number of rotatable bonds is 13. The van der Waals surface area contributed by atoms with Crippen LogP contribution in [0.4, 0.5) is 0 Å². The minimum atomic E-state index is 0.00565. The van der Waals surface area contributed by atoms with E-state index >= 15 is 0 Å². The molecule has 1 saturated heterocycles. The third-order valence-electron chi connectivity index (χ3n) is 8.06. The van der Waals surface area contributed by atoms with Crippen molar-refractivity contribution < 1.29 is 14.3 Å². The van der Waals surface area contributed by atoms with Crippen LogP contribution in [0.1, 0.15) is 70.7 Å². The van der Waals surface area contributed by atoms with E-state index in [1.54, 1.807) is 18.3 Å². The van der Waals surface area contributed by atoms with Gasteiger partial charge >= 0.3 is 0 Å². The number of nitrogens with one attached hydrogen (secondary N) is 3. The van der Waals surface area contributed by atoms with E-state index in [9.17, 15) is 9.59 Å². The van der Waals surface area contributed by atoms with Gasteiger partial charge < -0.3 is 24.9 Å². The van der Waals surface area contributed by atoms with Gasteiger partial charge in [-0.15, -0.1) is 0 Å². The van der Waals surface area contributed by atoms with Crippen LogP contribution in [-0.4, -0.2) is 67.4 Å². The number of carbonyl (C=O) groups excluding carboxylic acids is 2. The SMILES string of the molecule is C=C/C=C\C(=C/C)COC=O.CN[C@@H](C)c1ncc(-c2ccc(-c3ncc(-c4cnc([C@@H]5CCCN5C(=O)CC(C)C)[nH]4)cn3)cc2)[nH]1. The summed E-state index contributed by atoms with van der Waals surface area (Å²) in [6.45, 7) is 13.2. The summed E-state index contributed by atoms with van der Waals surface area (Å²) >= 11 is 0. The fraction of sp³-hybridized carbons (Fsp3) is 0.351. The number of hydrogen-bond acceptors (Lipinski definition) is 8. The third-order valence-corrected chi connectivity index (χ3v) is 8.06. The average molecular weight is 651 g/mol. The number of aromatic amines is 2. The van der Waals surface area contributed by atoms with Gasteiger partial charge in [0.2, 0.25) is 5.91 Å². The highest BCUT2D eigenvalue weighted by Crippen LogP contribution is 2.32. The van der Waals surface area contributed by atoms with E-state index in [1.807, 2.05) is 73.9 Å². The number of likely N-dealkylation sites (tertiary alicyclic amines) is 1. The van der Waals surface area contributed by atoms with Crippen molar-refractivity contribution in [2.45, 2.75) is 59.0 Å². The van der Waals surface area contributed by atoms with E-state index in [1.165, 1.54) is 0 Å². The maximum absolute atomic E-state index is 12.7. The Morgan fingerprint density at radius 3 is 2.35 bits per heavy atom. The lowest BCUT2D eigenvalue weighted by Gasteiger charge is -2.24. The molecule has 0 aliphatic carbocycles. The lowest BCUT2D eigenvalue weighted by molar-refractivity contribution is -0.133. The maximum Gasteiger partial charge on any atom is 0.293 e. The molecule has 1 amide bonds. The second-order valence-electron chi connectivity index (χ2n) is 12.0. The Morgan fingerprint density at radius 2 is 1.71 bits per heavy atom. The van der Waals surface area contributed by atoms with Gasteiger partial charge in [-0.1, -0.05) is 69.0 Å². The summed E-state index contributed by atoms with van der Waals surface area (Å²) in [7, 11) is 1.92. The van der Waals surface area contributed by atoms with E-state index in [2.05, 4.69) is 67.3 Å². The molecule has 1 aliphatic heterocycles. The van der Waals surface area contributed by atoms with Crippen LogP contribution in [0.5, 0.6) is 0 Å². The molecule has 0 saturated carbocycles. The molecular weight excluding hydrogens is 604 g/mol. The fourth-order valence-corrected chi connectivity index (χ4v) is 5.27. The zero-order valence-electron chi connectivity index (χ0n) is 28.4. The number of allylic oxidation sites excluding steroid dienone is 3. The normalized spacial score (nSPS) is 15.3. The summed E-state index contributed by atoms with van der Waals surface area (Å²) in [5, 5.41) is 3.19. The number of nitrogens with zero attached hydrogens (tertiary/aromatic N) is 5. The van der Waals surface area contributed by atoms with E-state index < -0.39 is 0 Å². The quantitative estimate of drug-likeness (QED) is 0.106. The van der Waals surface area contributed by atoms with Crippen molar-refractivity contribution in [3.05, 3.63) is 97.2 Å². The Hall–Kier alpha value is -5.16. The minimum Gasteiger partial charge on any atom is -0.463 e. The van der Waals surface area contributed by atoms with Crippen molar-refractivity contribution in [1.82, 2.24) is 40.1 Å². The molecule has 1 fully saturated rings. The zero-order valence-corrected chi connectivity index (χ0v) is 28.4. The van der Waals surface area contributed by atoms with Crippen LogP contribution in [0.15, 0.2) is 85.5 Å². The molecule has 11 nitrogen and oxygen atoms in total. The molecule has 1 aliphatic rings. The van der Waals surface area contributed by atoms with Crippen LogP contribution in [0, 0.1) is 5.92 Å². The molecular formula is C37H46N8O3. The molecule has 3 N–H and O–H groups in total. The molecule has 1 aromatic carbocycles. The number of ether oxygens (including phenoxy) is 1. The van der Waals surface area contributed by atoms with Gasteiger partial charge in [0.15, 0.2) is 5.82 Å². The molecule has 0 bridgehead atoms. The van der Waals surface area contributed by atoms with Crippen molar-refractivity contribution in [3.63, 3.8) is 0 Å². The average Bonchev–Trinajstić information content (AvgIpc) is 3.90. The summed E-state index contributed by atoms with van der Waals surface area (Å²) in [4.78, 5) is 49.5. The predicted molar refractivity (Wildman–Crippen MR) is 188 cm³/mol. The molecule has 0 radical (unpaired) electrons. The standard InChI is InChI=1S/C28H34N8O.C9H12O2/c1-17(2)12-25(37)36-11-5-6-24(36)28-33-16-23(35-28)21-13-30-27(31-14-21)20-9-7-19(8-10-20)22-15-32-26(34-22)18(3)29-4;1-3-5-6-9(4-2)7-11-8-10/h7-10,13-18,24,29H,5-6,11-12H2,1-4H3,(H,32,34)(H,33,35);3-6,8H,1,7H2,2H3/b;6-5-,9-4+/t18-,24-;/m0./s1. The van der Waals surface area contributed by atoms with Crippen LogP contribution in [0.3, 0.4) is 0 Å². The highest BCUT2D eigenvalue weighted by molar-refractivity contribution is 5.77. The van der Waals surface area contributed by atoms with Crippen molar-refractivity contribution in [3.8, 4) is 33.9 Å². The Labute approximate surface area is 282 Å². The highest BCUT2D eigenvalue weighted by atomic mass is 16.5. The first kappa shape index (κ1) is 35.7. The van der Waals surface area contributed by atoms with Gasteiger partial charge in [-0.2, -0.15) is 0 Å². The van der Waals surface area contributed by atoms with E-state index in [4.69, 9.17) is 0 Å². The Kier molecular flexibility index (Phi) is 13.1. The summed E-state index contributed by atoms with van der Waals surface area (Å²) in [6.07, 6.45) is 17.0. The van der Waals surface area contributed by atoms with Gasteiger partial charge in [-0.05, 0) is 50.8 Å². The van der Waals surface area contributed by atoms with E-state index in [0.29, 0.717) is 31.2 Å². The Morgan fingerprint density at radius 1 is 1.02 bits per heavy atom. The van der Waals surface area contributed by atoms with Gasteiger partial charge in [-0.25, -0.2) is 19.9 Å². The molecule has 252 valence electrons. The maximum atomic E-state index is 12.7. The molecule has 4 heterocycles. The minimum absolute atomic E-state index is 0.00565. The summed E-state index contributed by atoms with van der Waals surface area (Å²) in [6, 6.07) is 8.29. The number of hydrogen-bond donors (Lipinski definition) is 3. The van der Waals surface area contributed by atoms with E-state index in [-0.39, 0.29) is 18.0 Å². The van der Waals surface area contributed by atoms with Crippen molar-refractivity contribution in [2.24, 2.45) is 5.92 Å². The Balaban J connectivity index is 0.000000408. The third kappa shape index (κ3) is 9.45. The number of imidazole rings is 2. The topological polar surface area (TPSA) is 142 Å². The summed E-state index contributed by atoms with van der Waals surface area (Å²) in [5.41, 5.74) is 5.64. The number of amides is 1. The smallest absolute Gasteiger partial charge is 0.293 e. The number of benzene rings is 1. The summed E-state index contributed by atoms with van der Waals surface area (Å²) in [5.74, 6) is 2.94. The fourth-order valence-electron chi connectivity index (χ4n) is 5.27. The van der Waals surface area contributed by atoms with Crippen molar-refractivity contribution >= 4 is 12.4 Å². The molecule has 48 heavy (non-hydrogen) atoms. The molecule has 4 aromatic rings. The number of carbonyl (C=O) groups is 2. The van der Waals surface area contributed by atoms with Crippen LogP contribution in [0.2, 0.25) is 0 Å². The second-order valence-corrected chi connectivity index (χ2v) is 12.0. The predicted octanol–water partition coefficient (Wildman–Crippen LogP) is 6.76.